The summed E-state index contributed by atoms with van der Waals surface area (Å²) in [6, 6.07) is 13.7. The lowest BCUT2D eigenvalue weighted by Gasteiger charge is -2.52. The van der Waals surface area contributed by atoms with Gasteiger partial charge in [-0.05, 0) is 60.6 Å². The maximum Gasteiger partial charge on any atom is 0.304 e. The summed E-state index contributed by atoms with van der Waals surface area (Å²) in [6.45, 7) is 5.62. The number of carbonyl (C=O) groups excluding carboxylic acids is 1. The van der Waals surface area contributed by atoms with Crippen LogP contribution in [0, 0.1) is 11.3 Å². The van der Waals surface area contributed by atoms with Crippen molar-refractivity contribution in [1.82, 2.24) is 9.62 Å². The Morgan fingerprint density at radius 1 is 1.11 bits per heavy atom. The van der Waals surface area contributed by atoms with Gasteiger partial charge < -0.3 is 10.0 Å². The third kappa shape index (κ3) is 6.19. The van der Waals surface area contributed by atoms with E-state index in [0.717, 1.165) is 11.1 Å². The van der Waals surface area contributed by atoms with Gasteiger partial charge in [-0.15, -0.1) is 0 Å². The number of sulfonamides is 1. The van der Waals surface area contributed by atoms with Crippen LogP contribution < -0.4 is 4.72 Å². The minimum absolute atomic E-state index is 0.0394. The molecular formula is C28H34Cl2N2O5S. The fourth-order valence-electron chi connectivity index (χ4n) is 5.60. The molecule has 1 saturated carbocycles. The molecule has 0 bridgehead atoms. The van der Waals surface area contributed by atoms with Gasteiger partial charge in [0.25, 0.3) is 0 Å². The summed E-state index contributed by atoms with van der Waals surface area (Å²) in [4.78, 5) is 28.0. The van der Waals surface area contributed by atoms with Crippen LogP contribution in [0.3, 0.4) is 0 Å². The predicted molar refractivity (Wildman–Crippen MR) is 149 cm³/mol. The van der Waals surface area contributed by atoms with Crippen LogP contribution >= 0.6 is 23.2 Å². The second-order valence-corrected chi connectivity index (χ2v) is 14.0. The highest BCUT2D eigenvalue weighted by Crippen LogP contribution is 2.52. The molecule has 7 nitrogen and oxygen atoms in total. The first-order valence-corrected chi connectivity index (χ1v) is 15.2. The molecule has 1 aliphatic heterocycles. The van der Waals surface area contributed by atoms with E-state index in [1.54, 1.807) is 30.0 Å². The van der Waals surface area contributed by atoms with Gasteiger partial charge >= 0.3 is 5.97 Å². The van der Waals surface area contributed by atoms with E-state index in [1.807, 2.05) is 44.2 Å². The van der Waals surface area contributed by atoms with Crippen LogP contribution in [0.4, 0.5) is 0 Å². The largest absolute Gasteiger partial charge is 0.481 e. The molecule has 2 N–H and O–H groups in total. The predicted octanol–water partition coefficient (Wildman–Crippen LogP) is 5.64. The first kappa shape index (κ1) is 28.9. The third-order valence-corrected chi connectivity index (χ3v) is 10.1. The van der Waals surface area contributed by atoms with E-state index in [0.29, 0.717) is 29.3 Å². The fourth-order valence-corrected chi connectivity index (χ4v) is 7.32. The van der Waals surface area contributed by atoms with Crippen LogP contribution in [0.15, 0.2) is 48.5 Å². The SMILES string of the molecule is CC(C)C(CNS(=O)(=O)C1CC1)N1C(=O)[C@@](C)(CC(=O)O)CC(c2cccc(Cl)c2)[C@H]1c1ccc(Cl)cc1. The summed E-state index contributed by atoms with van der Waals surface area (Å²) in [5.74, 6) is -1.78. The maximum atomic E-state index is 14.3. The van der Waals surface area contributed by atoms with Crippen molar-refractivity contribution in [2.45, 2.75) is 69.7 Å². The molecule has 2 aromatic carbocycles. The van der Waals surface area contributed by atoms with Gasteiger partial charge in [0.05, 0.1) is 23.1 Å². The van der Waals surface area contributed by atoms with E-state index in [9.17, 15) is 23.1 Å². The summed E-state index contributed by atoms with van der Waals surface area (Å²) in [5.41, 5.74) is 0.512. The van der Waals surface area contributed by atoms with Crippen molar-refractivity contribution in [2.75, 3.05) is 6.54 Å². The van der Waals surface area contributed by atoms with Crippen LogP contribution in [0.2, 0.25) is 10.0 Å². The van der Waals surface area contributed by atoms with Gasteiger partial charge in [-0.3, -0.25) is 9.59 Å². The molecule has 0 aromatic heterocycles. The Morgan fingerprint density at radius 2 is 1.76 bits per heavy atom. The summed E-state index contributed by atoms with van der Waals surface area (Å²) < 4.78 is 28.2. The van der Waals surface area contributed by atoms with Crippen LogP contribution in [0.5, 0.6) is 0 Å². The molecule has 1 aliphatic carbocycles. The average Bonchev–Trinajstić information content (AvgIpc) is 3.68. The lowest BCUT2D eigenvalue weighted by Crippen LogP contribution is -2.59. The Balaban J connectivity index is 1.87. The van der Waals surface area contributed by atoms with Crippen molar-refractivity contribution < 1.29 is 23.1 Å². The van der Waals surface area contributed by atoms with Gasteiger partial charge in [0.15, 0.2) is 0 Å². The standard InChI is InChI=1S/C28H34Cl2N2O5S/c1-17(2)24(16-31-38(36,37)22-11-12-22)32-26(18-7-9-20(29)10-8-18)23(19-5-4-6-21(30)13-19)14-28(3,27(32)35)15-25(33)34/h4-10,13,17,22-24,26,31H,11-12,14-16H2,1-3H3,(H,33,34)/t23?,24?,26-,28-/m1/s1. The minimum atomic E-state index is -3.50. The minimum Gasteiger partial charge on any atom is -0.481 e. The normalized spacial score (nSPS) is 25.0. The highest BCUT2D eigenvalue weighted by molar-refractivity contribution is 7.90. The average molecular weight is 582 g/mol. The van der Waals surface area contributed by atoms with Crippen molar-refractivity contribution >= 4 is 45.1 Å². The number of nitrogens with one attached hydrogen (secondary N) is 1. The number of aliphatic carboxylic acids is 1. The van der Waals surface area contributed by atoms with Gasteiger partial charge in [0, 0.05) is 28.5 Å². The molecule has 2 unspecified atom stereocenters. The Morgan fingerprint density at radius 3 is 2.32 bits per heavy atom. The molecule has 0 spiro atoms. The van der Waals surface area contributed by atoms with Gasteiger partial charge in [-0.1, -0.05) is 68.2 Å². The van der Waals surface area contributed by atoms with E-state index in [4.69, 9.17) is 23.2 Å². The van der Waals surface area contributed by atoms with Crippen LogP contribution in [0.1, 0.15) is 69.5 Å². The zero-order valence-corrected chi connectivity index (χ0v) is 24.1. The Bertz CT molecular complexity index is 1300. The zero-order chi connectivity index (χ0) is 27.8. The second-order valence-electron chi connectivity index (χ2n) is 11.1. The van der Waals surface area contributed by atoms with Gasteiger partial charge in [-0.2, -0.15) is 0 Å². The van der Waals surface area contributed by atoms with E-state index >= 15 is 0 Å². The molecule has 206 valence electrons. The van der Waals surface area contributed by atoms with E-state index in [1.165, 1.54) is 0 Å². The molecule has 4 atom stereocenters. The van der Waals surface area contributed by atoms with Crippen molar-refractivity contribution in [3.63, 3.8) is 0 Å². The Hall–Kier alpha value is -2.13. The number of piperidine rings is 1. The van der Waals surface area contributed by atoms with Crippen LogP contribution in [-0.4, -0.2) is 48.1 Å². The monoisotopic (exact) mass is 580 g/mol. The van der Waals surface area contributed by atoms with Crippen molar-refractivity contribution in [3.05, 3.63) is 69.7 Å². The van der Waals surface area contributed by atoms with Crippen LogP contribution in [0.25, 0.3) is 0 Å². The number of carboxylic acid groups (broad SMARTS) is 1. The van der Waals surface area contributed by atoms with Crippen molar-refractivity contribution in [3.8, 4) is 0 Å². The molecule has 1 saturated heterocycles. The molecule has 10 heteroatoms. The first-order chi connectivity index (χ1) is 17.8. The summed E-state index contributed by atoms with van der Waals surface area (Å²) in [7, 11) is -3.50. The molecule has 4 rings (SSSR count). The van der Waals surface area contributed by atoms with E-state index in [-0.39, 0.29) is 30.7 Å². The zero-order valence-electron chi connectivity index (χ0n) is 21.7. The third-order valence-electron chi connectivity index (χ3n) is 7.72. The van der Waals surface area contributed by atoms with Gasteiger partial charge in [-0.25, -0.2) is 13.1 Å². The fraction of sp³-hybridized carbons (Fsp3) is 0.500. The first-order valence-electron chi connectivity index (χ1n) is 12.9. The van der Waals surface area contributed by atoms with E-state index < -0.39 is 38.7 Å². The molecule has 2 aromatic rings. The number of hydrogen-bond acceptors (Lipinski definition) is 4. The molecule has 2 aliphatic rings. The van der Waals surface area contributed by atoms with Crippen molar-refractivity contribution in [1.29, 1.82) is 0 Å². The lowest BCUT2D eigenvalue weighted by molar-refractivity contribution is -0.161. The highest BCUT2D eigenvalue weighted by Gasteiger charge is 2.53. The lowest BCUT2D eigenvalue weighted by atomic mass is 9.66. The second kappa shape index (κ2) is 11.2. The summed E-state index contributed by atoms with van der Waals surface area (Å²) in [6.07, 6.45) is 1.21. The summed E-state index contributed by atoms with van der Waals surface area (Å²) in [5, 5.41) is 10.5. The quantitative estimate of drug-likeness (QED) is 0.378. The molecule has 1 heterocycles. The number of rotatable bonds is 10. The molecular weight excluding hydrogens is 547 g/mol. The van der Waals surface area contributed by atoms with Gasteiger partial charge in [0.2, 0.25) is 15.9 Å². The smallest absolute Gasteiger partial charge is 0.304 e. The maximum absolute atomic E-state index is 14.3. The number of amides is 1. The number of nitrogens with zero attached hydrogens (tertiary/aromatic N) is 1. The number of carbonyl (C=O) groups is 2. The van der Waals surface area contributed by atoms with E-state index in [2.05, 4.69) is 4.72 Å². The molecule has 2 fully saturated rings. The molecule has 38 heavy (non-hydrogen) atoms. The Labute approximate surface area is 234 Å². The van der Waals surface area contributed by atoms with Gasteiger partial charge in [0.1, 0.15) is 0 Å². The number of hydrogen-bond donors (Lipinski definition) is 2. The molecule has 1 amide bonds. The number of carboxylic acids is 1. The van der Waals surface area contributed by atoms with Crippen LogP contribution in [-0.2, 0) is 19.6 Å². The summed E-state index contributed by atoms with van der Waals surface area (Å²) >= 11 is 12.6. The number of benzene rings is 2. The highest BCUT2D eigenvalue weighted by atomic mass is 35.5. The number of likely N-dealkylation sites (tertiary alicyclic amines) is 1. The Kier molecular flexibility index (Phi) is 8.48. The molecule has 0 radical (unpaired) electrons. The number of halogens is 2. The van der Waals surface area contributed by atoms with Crippen molar-refractivity contribution in [2.24, 2.45) is 11.3 Å². The topological polar surface area (TPSA) is 104 Å².